The zero-order valence-electron chi connectivity index (χ0n) is 14.6. The smallest absolute Gasteiger partial charge is 0.304 e. The molecule has 0 saturated heterocycles. The number of rotatable bonds is 5. The van der Waals surface area contributed by atoms with E-state index in [1.165, 1.54) is 11.0 Å². The minimum absolute atomic E-state index is 0.102. The minimum Gasteiger partial charge on any atom is -0.304 e. The van der Waals surface area contributed by atoms with Crippen LogP contribution in [0.4, 0.5) is 18.9 Å². The Labute approximate surface area is 163 Å². The summed E-state index contributed by atoms with van der Waals surface area (Å²) in [5.74, 6) is -1.70. The van der Waals surface area contributed by atoms with Gasteiger partial charge in [0.2, 0.25) is 0 Å². The van der Waals surface area contributed by atoms with Crippen molar-refractivity contribution < 1.29 is 22.8 Å². The van der Waals surface area contributed by atoms with Crippen molar-refractivity contribution in [2.45, 2.75) is 38.9 Å². The molecule has 0 radical (unpaired) electrons. The van der Waals surface area contributed by atoms with E-state index < -0.39 is 29.0 Å². The Morgan fingerprint density at radius 2 is 1.81 bits per heavy atom. The van der Waals surface area contributed by atoms with Crippen molar-refractivity contribution in [1.82, 2.24) is 4.90 Å². The highest BCUT2D eigenvalue weighted by Crippen LogP contribution is 2.42. The summed E-state index contributed by atoms with van der Waals surface area (Å²) in [5.41, 5.74) is -1.41. The Kier molecular flexibility index (Phi) is 5.35. The van der Waals surface area contributed by atoms with Crippen molar-refractivity contribution in [3.05, 3.63) is 26.8 Å². The number of Topliss-reactive ketones (excluding diaryl/α,β-unsaturated/α-hetero) is 1. The lowest BCUT2D eigenvalue weighted by Gasteiger charge is -2.43. The lowest BCUT2D eigenvalue weighted by molar-refractivity contribution is -0.137. The van der Waals surface area contributed by atoms with Gasteiger partial charge in [0.15, 0.2) is 0 Å². The van der Waals surface area contributed by atoms with E-state index in [1.54, 1.807) is 22.6 Å². The maximum Gasteiger partial charge on any atom is 0.417 e. The molecule has 3 rings (SSSR count). The van der Waals surface area contributed by atoms with Crippen LogP contribution in [0.1, 0.15) is 42.6 Å². The second-order valence-electron chi connectivity index (χ2n) is 6.80. The summed E-state index contributed by atoms with van der Waals surface area (Å²) in [6.45, 7) is 6.38. The Morgan fingerprint density at radius 1 is 1.19 bits per heavy atom. The lowest BCUT2D eigenvalue weighted by Crippen LogP contribution is -2.48. The molecule has 26 heavy (non-hydrogen) atoms. The number of halogens is 4. The number of nitrogens with zero attached hydrogens (tertiary/aromatic N) is 2. The summed E-state index contributed by atoms with van der Waals surface area (Å²) in [6, 6.07) is 2.87. The van der Waals surface area contributed by atoms with Crippen LogP contribution < -0.4 is 4.90 Å². The highest BCUT2D eigenvalue weighted by atomic mass is 127. The summed E-state index contributed by atoms with van der Waals surface area (Å²) in [5, 5.41) is 0. The van der Waals surface area contributed by atoms with Crippen molar-refractivity contribution in [3.8, 4) is 0 Å². The zero-order valence-corrected chi connectivity index (χ0v) is 16.7. The minimum atomic E-state index is -4.67. The predicted octanol–water partition coefficient (Wildman–Crippen LogP) is 3.96. The highest BCUT2D eigenvalue weighted by molar-refractivity contribution is 14.1. The molecule has 1 saturated carbocycles. The average Bonchev–Trinajstić information content (AvgIpc) is 2.76. The van der Waals surface area contributed by atoms with Gasteiger partial charge < -0.3 is 9.80 Å². The first-order chi connectivity index (χ1) is 12.2. The molecule has 1 fully saturated rings. The molecular weight excluding hydrogens is 460 g/mol. The fourth-order valence-electron chi connectivity index (χ4n) is 3.93. The van der Waals surface area contributed by atoms with Gasteiger partial charge >= 0.3 is 6.18 Å². The van der Waals surface area contributed by atoms with Gasteiger partial charge in [0, 0.05) is 16.2 Å². The molecule has 1 heterocycles. The molecule has 1 aliphatic heterocycles. The van der Waals surface area contributed by atoms with Crippen molar-refractivity contribution in [3.63, 3.8) is 0 Å². The van der Waals surface area contributed by atoms with E-state index in [0.29, 0.717) is 16.2 Å². The molecule has 8 heteroatoms. The monoisotopic (exact) mass is 480 g/mol. The van der Waals surface area contributed by atoms with E-state index in [-0.39, 0.29) is 11.6 Å². The van der Waals surface area contributed by atoms with Gasteiger partial charge in [-0.25, -0.2) is 0 Å². The largest absolute Gasteiger partial charge is 0.417 e. The maximum atomic E-state index is 13.3. The van der Waals surface area contributed by atoms with Gasteiger partial charge in [-0.2, -0.15) is 13.2 Å². The number of ketones is 1. The highest BCUT2D eigenvalue weighted by Gasteiger charge is 2.46. The Balaban J connectivity index is 1.83. The zero-order chi connectivity index (χ0) is 19.2. The molecule has 0 N–H and O–H groups in total. The van der Waals surface area contributed by atoms with Crippen LogP contribution in [0.2, 0.25) is 0 Å². The number of fused-ring (bicyclic) bond motifs is 1. The van der Waals surface area contributed by atoms with E-state index in [2.05, 4.69) is 18.7 Å². The van der Waals surface area contributed by atoms with Crippen LogP contribution >= 0.6 is 22.6 Å². The van der Waals surface area contributed by atoms with Crippen LogP contribution in [-0.4, -0.2) is 42.3 Å². The summed E-state index contributed by atoms with van der Waals surface area (Å²) in [4.78, 5) is 28.2. The summed E-state index contributed by atoms with van der Waals surface area (Å²) in [6.07, 6.45) is -2.88. The SMILES string of the molecule is CCN(CC)C1CC(CN2C(=O)C(=O)c3c2cc(I)cc3C(F)(F)F)C1. The van der Waals surface area contributed by atoms with Gasteiger partial charge in [0.05, 0.1) is 16.8 Å². The summed E-state index contributed by atoms with van der Waals surface area (Å²) in [7, 11) is 0. The topological polar surface area (TPSA) is 40.6 Å². The molecule has 1 amide bonds. The second kappa shape index (κ2) is 7.10. The molecule has 1 aromatic carbocycles. The lowest BCUT2D eigenvalue weighted by atomic mass is 9.79. The Morgan fingerprint density at radius 3 is 2.35 bits per heavy atom. The molecule has 1 aliphatic carbocycles. The van der Waals surface area contributed by atoms with Crippen molar-refractivity contribution >= 4 is 40.0 Å². The van der Waals surface area contributed by atoms with Crippen molar-refractivity contribution in [2.24, 2.45) is 5.92 Å². The molecule has 0 unspecified atom stereocenters. The fourth-order valence-corrected chi connectivity index (χ4v) is 4.54. The van der Waals surface area contributed by atoms with E-state index in [1.807, 2.05) is 0 Å². The Bertz CT molecular complexity index is 741. The molecule has 0 bridgehead atoms. The molecule has 142 valence electrons. The third-order valence-electron chi connectivity index (χ3n) is 5.33. The number of carbonyl (C=O) groups excluding carboxylic acids is 2. The molecule has 0 spiro atoms. The quantitative estimate of drug-likeness (QED) is 0.474. The van der Waals surface area contributed by atoms with Crippen molar-refractivity contribution in [2.75, 3.05) is 24.5 Å². The van der Waals surface area contributed by atoms with Gasteiger partial charge in [-0.1, -0.05) is 13.8 Å². The average molecular weight is 480 g/mol. The summed E-state index contributed by atoms with van der Waals surface area (Å²) >= 11 is 1.79. The number of carbonyl (C=O) groups is 2. The number of hydrogen-bond donors (Lipinski definition) is 0. The number of amides is 1. The molecule has 0 atom stereocenters. The summed E-state index contributed by atoms with van der Waals surface area (Å²) < 4.78 is 40.3. The number of hydrogen-bond acceptors (Lipinski definition) is 3. The number of benzene rings is 1. The van der Waals surface area contributed by atoms with E-state index >= 15 is 0 Å². The van der Waals surface area contributed by atoms with Crippen LogP contribution in [0.15, 0.2) is 12.1 Å². The first-order valence-corrected chi connectivity index (χ1v) is 9.76. The van der Waals surface area contributed by atoms with Crippen LogP contribution in [0, 0.1) is 9.49 Å². The van der Waals surface area contributed by atoms with Crippen LogP contribution in [-0.2, 0) is 11.0 Å². The van der Waals surface area contributed by atoms with Crippen LogP contribution in [0.5, 0.6) is 0 Å². The van der Waals surface area contributed by atoms with E-state index in [9.17, 15) is 22.8 Å². The number of alkyl halides is 3. The van der Waals surface area contributed by atoms with E-state index in [0.717, 1.165) is 32.0 Å². The molecule has 0 aromatic heterocycles. The van der Waals surface area contributed by atoms with Crippen LogP contribution in [0.25, 0.3) is 0 Å². The first kappa shape index (κ1) is 19.6. The van der Waals surface area contributed by atoms with Gasteiger partial charge in [-0.15, -0.1) is 0 Å². The standard InChI is InChI=1S/C18H20F3IN2O2/c1-3-23(4-2)12-5-10(6-12)9-24-14-8-11(22)7-13(18(19,20)21)15(14)16(25)17(24)26/h7-8,10,12H,3-6,9H2,1-2H3. The first-order valence-electron chi connectivity index (χ1n) is 8.68. The third kappa shape index (κ3) is 3.37. The molecule has 4 nitrogen and oxygen atoms in total. The van der Waals surface area contributed by atoms with Crippen LogP contribution in [0.3, 0.4) is 0 Å². The van der Waals surface area contributed by atoms with Gasteiger partial charge in [-0.3, -0.25) is 9.59 Å². The Hall–Kier alpha value is -1.16. The van der Waals surface area contributed by atoms with E-state index in [4.69, 9.17) is 0 Å². The van der Waals surface area contributed by atoms with Gasteiger partial charge in [-0.05, 0) is 66.6 Å². The molecular formula is C18H20F3IN2O2. The van der Waals surface area contributed by atoms with Crippen molar-refractivity contribution in [1.29, 1.82) is 0 Å². The fraction of sp³-hybridized carbons (Fsp3) is 0.556. The van der Waals surface area contributed by atoms with Gasteiger partial charge in [0.25, 0.3) is 11.7 Å². The maximum absolute atomic E-state index is 13.3. The molecule has 1 aromatic rings. The predicted molar refractivity (Wildman–Crippen MR) is 100 cm³/mol. The molecule has 2 aliphatic rings. The third-order valence-corrected chi connectivity index (χ3v) is 5.95. The normalized spacial score (nSPS) is 22.8. The number of anilines is 1. The second-order valence-corrected chi connectivity index (χ2v) is 8.05. The van der Waals surface area contributed by atoms with Gasteiger partial charge in [0.1, 0.15) is 0 Å².